The average Bonchev–Trinajstić information content (AvgIpc) is 2.49. The summed E-state index contributed by atoms with van der Waals surface area (Å²) in [6, 6.07) is 7.80. The maximum absolute atomic E-state index is 12.2. The number of carbonyl (C=O) groups is 2. The molecule has 1 aromatic rings. The first kappa shape index (κ1) is 18.5. The Balaban J connectivity index is 2.29. The summed E-state index contributed by atoms with van der Waals surface area (Å²) in [6.07, 6.45) is 0.264. The van der Waals surface area contributed by atoms with E-state index in [-0.39, 0.29) is 30.5 Å². The van der Waals surface area contributed by atoms with Crippen LogP contribution in [-0.2, 0) is 24.5 Å². The highest BCUT2D eigenvalue weighted by molar-refractivity contribution is 6.50. The van der Waals surface area contributed by atoms with Gasteiger partial charge in [-0.25, -0.2) is 4.79 Å². The summed E-state index contributed by atoms with van der Waals surface area (Å²) in [7, 11) is 0. The number of hydrogen-bond acceptors (Lipinski definition) is 4. The van der Waals surface area contributed by atoms with Crippen LogP contribution in [-0.4, -0.2) is 24.6 Å². The molecule has 0 unspecified atom stereocenters. The summed E-state index contributed by atoms with van der Waals surface area (Å²) in [6.45, 7) is 8.40. The number of halogens is 1. The van der Waals surface area contributed by atoms with Gasteiger partial charge in [-0.15, -0.1) is 0 Å². The van der Waals surface area contributed by atoms with Crippen LogP contribution in [0.5, 0.6) is 0 Å². The summed E-state index contributed by atoms with van der Waals surface area (Å²) >= 11 is 6.47. The first-order valence-electron chi connectivity index (χ1n) is 8.08. The minimum atomic E-state index is -0.467. The standard InChI is InChI=1S/C19H23ClO4/c1-5-23-18(22)15(10-14-11-16(21)24-14)17(20)12-6-8-13(9-7-12)19(2,3)4/h6-9,14H,5,10-11H2,1-4H3/b17-15-/t14-/m1/s1. The van der Waals surface area contributed by atoms with Gasteiger partial charge in [-0.3, -0.25) is 4.79 Å². The zero-order valence-electron chi connectivity index (χ0n) is 14.5. The van der Waals surface area contributed by atoms with Gasteiger partial charge in [-0.1, -0.05) is 56.6 Å². The molecule has 1 heterocycles. The van der Waals surface area contributed by atoms with Crippen molar-refractivity contribution in [3.05, 3.63) is 41.0 Å². The predicted molar refractivity (Wildman–Crippen MR) is 93.7 cm³/mol. The second kappa shape index (κ2) is 7.39. The number of esters is 2. The number of rotatable bonds is 5. The molecule has 24 heavy (non-hydrogen) atoms. The van der Waals surface area contributed by atoms with E-state index in [4.69, 9.17) is 21.1 Å². The molecule has 0 N–H and O–H groups in total. The van der Waals surface area contributed by atoms with Crippen molar-refractivity contribution >= 4 is 28.6 Å². The van der Waals surface area contributed by atoms with E-state index in [1.165, 1.54) is 5.56 Å². The molecule has 0 bridgehead atoms. The van der Waals surface area contributed by atoms with Gasteiger partial charge in [0.2, 0.25) is 0 Å². The smallest absolute Gasteiger partial charge is 0.335 e. The SMILES string of the molecule is CCOC(=O)/C(C[C@@H]1CC(=O)O1)=C(\Cl)c1ccc(C(C)(C)C)cc1. The number of hydrogen-bond donors (Lipinski definition) is 0. The fourth-order valence-corrected chi connectivity index (χ4v) is 2.76. The van der Waals surface area contributed by atoms with Gasteiger partial charge in [0, 0.05) is 6.42 Å². The summed E-state index contributed by atoms with van der Waals surface area (Å²) in [5, 5.41) is 0.344. The third kappa shape index (κ3) is 4.38. The molecule has 0 amide bonds. The normalized spacial score (nSPS) is 18.4. The zero-order valence-corrected chi connectivity index (χ0v) is 15.3. The lowest BCUT2D eigenvalue weighted by molar-refractivity contribution is -0.169. The summed E-state index contributed by atoms with van der Waals surface area (Å²) in [4.78, 5) is 23.2. The van der Waals surface area contributed by atoms with Crippen LogP contribution in [0, 0.1) is 0 Å². The molecule has 5 heteroatoms. The zero-order chi connectivity index (χ0) is 17.9. The van der Waals surface area contributed by atoms with E-state index >= 15 is 0 Å². The lowest BCUT2D eigenvalue weighted by atomic mass is 9.86. The van der Waals surface area contributed by atoms with Crippen LogP contribution >= 0.6 is 11.6 Å². The van der Waals surface area contributed by atoms with Gasteiger partial charge < -0.3 is 9.47 Å². The molecule has 0 radical (unpaired) electrons. The maximum Gasteiger partial charge on any atom is 0.335 e. The van der Waals surface area contributed by atoms with Crippen LogP contribution in [0.25, 0.3) is 5.03 Å². The Labute approximate surface area is 147 Å². The Morgan fingerprint density at radius 3 is 2.33 bits per heavy atom. The van der Waals surface area contributed by atoms with Gasteiger partial charge in [0.1, 0.15) is 6.10 Å². The maximum atomic E-state index is 12.2. The molecule has 1 fully saturated rings. The average molecular weight is 351 g/mol. The van der Waals surface area contributed by atoms with Gasteiger partial charge in [0.25, 0.3) is 0 Å². The minimum absolute atomic E-state index is 0.0405. The van der Waals surface area contributed by atoms with E-state index in [1.807, 2.05) is 24.3 Å². The van der Waals surface area contributed by atoms with E-state index < -0.39 is 5.97 Å². The van der Waals surface area contributed by atoms with E-state index in [9.17, 15) is 9.59 Å². The molecule has 0 aromatic heterocycles. The van der Waals surface area contributed by atoms with Crippen LogP contribution in [0.3, 0.4) is 0 Å². The van der Waals surface area contributed by atoms with Crippen molar-refractivity contribution < 1.29 is 19.1 Å². The van der Waals surface area contributed by atoms with E-state index in [0.29, 0.717) is 17.0 Å². The Bertz CT molecular complexity index is 645. The molecule has 1 saturated heterocycles. The molecule has 1 aliphatic rings. The third-order valence-electron chi connectivity index (χ3n) is 3.92. The molecular weight excluding hydrogens is 328 g/mol. The van der Waals surface area contributed by atoms with Crippen molar-refractivity contribution in [1.29, 1.82) is 0 Å². The highest BCUT2D eigenvalue weighted by Crippen LogP contribution is 2.32. The quantitative estimate of drug-likeness (QED) is 0.590. The Hall–Kier alpha value is -1.81. The van der Waals surface area contributed by atoms with Crippen LogP contribution in [0.1, 0.15) is 51.7 Å². The molecule has 0 aliphatic carbocycles. The summed E-state index contributed by atoms with van der Waals surface area (Å²) in [5.41, 5.74) is 2.32. The van der Waals surface area contributed by atoms with Crippen molar-refractivity contribution in [1.82, 2.24) is 0 Å². The molecule has 1 atom stereocenters. The van der Waals surface area contributed by atoms with Crippen LogP contribution in [0.15, 0.2) is 29.8 Å². The number of carbonyl (C=O) groups excluding carboxylic acids is 2. The van der Waals surface area contributed by atoms with Crippen molar-refractivity contribution in [2.75, 3.05) is 6.61 Å². The lowest BCUT2D eigenvalue weighted by Crippen LogP contribution is -2.34. The van der Waals surface area contributed by atoms with Gasteiger partial charge in [0.05, 0.1) is 23.6 Å². The molecule has 0 saturated carbocycles. The fourth-order valence-electron chi connectivity index (χ4n) is 2.48. The highest BCUT2D eigenvalue weighted by atomic mass is 35.5. The van der Waals surface area contributed by atoms with E-state index in [2.05, 4.69) is 20.8 Å². The van der Waals surface area contributed by atoms with Gasteiger partial charge >= 0.3 is 11.9 Å². The van der Waals surface area contributed by atoms with Crippen LogP contribution in [0.4, 0.5) is 0 Å². The van der Waals surface area contributed by atoms with Crippen molar-refractivity contribution in [2.45, 2.75) is 52.1 Å². The van der Waals surface area contributed by atoms with E-state index in [1.54, 1.807) is 6.92 Å². The van der Waals surface area contributed by atoms with Gasteiger partial charge in [-0.05, 0) is 23.5 Å². The van der Waals surface area contributed by atoms with E-state index in [0.717, 1.165) is 5.56 Å². The predicted octanol–water partition coefficient (Wildman–Crippen LogP) is 4.20. The molecule has 2 rings (SSSR count). The second-order valence-corrected chi connectivity index (χ2v) is 7.24. The van der Waals surface area contributed by atoms with Crippen LogP contribution in [0.2, 0.25) is 0 Å². The summed E-state index contributed by atoms with van der Waals surface area (Å²) < 4.78 is 10.1. The minimum Gasteiger partial charge on any atom is -0.463 e. The topological polar surface area (TPSA) is 52.6 Å². The second-order valence-electron chi connectivity index (χ2n) is 6.86. The van der Waals surface area contributed by atoms with Crippen molar-refractivity contribution in [3.63, 3.8) is 0 Å². The molecule has 4 nitrogen and oxygen atoms in total. The number of cyclic esters (lactones) is 1. The van der Waals surface area contributed by atoms with Crippen molar-refractivity contribution in [3.8, 4) is 0 Å². The molecule has 1 aromatic carbocycles. The molecular formula is C19H23ClO4. The van der Waals surface area contributed by atoms with Gasteiger partial charge in [0.15, 0.2) is 0 Å². The molecule has 0 spiro atoms. The highest BCUT2D eigenvalue weighted by Gasteiger charge is 2.32. The van der Waals surface area contributed by atoms with Crippen molar-refractivity contribution in [2.24, 2.45) is 0 Å². The Kier molecular flexibility index (Phi) is 5.70. The molecule has 1 aliphatic heterocycles. The lowest BCUT2D eigenvalue weighted by Gasteiger charge is -2.26. The first-order valence-corrected chi connectivity index (χ1v) is 8.46. The van der Waals surface area contributed by atoms with Gasteiger partial charge in [-0.2, -0.15) is 0 Å². The van der Waals surface area contributed by atoms with Crippen LogP contribution < -0.4 is 0 Å². The Morgan fingerprint density at radius 2 is 1.88 bits per heavy atom. The molecule has 130 valence electrons. The third-order valence-corrected chi connectivity index (χ3v) is 4.36. The Morgan fingerprint density at radius 1 is 1.29 bits per heavy atom. The largest absolute Gasteiger partial charge is 0.463 e. The number of benzene rings is 1. The monoisotopic (exact) mass is 350 g/mol. The fraction of sp³-hybridized carbons (Fsp3) is 0.474. The number of ether oxygens (including phenoxy) is 2. The first-order chi connectivity index (χ1) is 11.2. The summed E-state index contributed by atoms with van der Waals surface area (Å²) in [5.74, 6) is -0.723.